The fraction of sp³-hybridized carbons (Fsp3) is 0.850. The highest BCUT2D eigenvalue weighted by molar-refractivity contribution is 5.78. The van der Waals surface area contributed by atoms with Crippen LogP contribution in [-0.2, 0) is 14.4 Å². The molecule has 9 heteroatoms. The zero-order valence-corrected chi connectivity index (χ0v) is 17.7. The number of carbonyl (C=O) groups excluding carboxylic acids is 2. The number of likely N-dealkylation sites (N-methyl/N-ethyl adjacent to an activating group) is 1. The molecule has 0 saturated carbocycles. The van der Waals surface area contributed by atoms with Crippen LogP contribution in [0.15, 0.2) is 0 Å². The van der Waals surface area contributed by atoms with Gasteiger partial charge in [-0.2, -0.15) is 0 Å². The molecule has 1 atom stereocenters. The normalized spacial score (nSPS) is 21.2. The molecule has 0 aromatic carbocycles. The molecule has 2 aliphatic heterocycles. The van der Waals surface area contributed by atoms with Crippen molar-refractivity contribution in [2.24, 2.45) is 0 Å². The fourth-order valence-electron chi connectivity index (χ4n) is 3.91. The number of hydrogen-bond donors (Lipinski definition) is 3. The van der Waals surface area contributed by atoms with E-state index in [0.29, 0.717) is 44.9 Å². The van der Waals surface area contributed by atoms with Gasteiger partial charge in [-0.05, 0) is 39.3 Å². The summed E-state index contributed by atoms with van der Waals surface area (Å²) in [6.45, 7) is 7.74. The van der Waals surface area contributed by atoms with E-state index in [-0.39, 0.29) is 18.2 Å². The smallest absolute Gasteiger partial charge is 0.303 e. The first-order valence-corrected chi connectivity index (χ1v) is 10.8. The van der Waals surface area contributed by atoms with Gasteiger partial charge in [0.2, 0.25) is 11.8 Å². The molecule has 0 aromatic heterocycles. The third kappa shape index (κ3) is 9.56. The predicted molar refractivity (Wildman–Crippen MR) is 111 cm³/mol. The second-order valence-electron chi connectivity index (χ2n) is 8.17. The number of aliphatic carboxylic acids is 1. The monoisotopic (exact) mass is 426 g/mol. The number of carbonyl (C=O) groups is 3. The van der Waals surface area contributed by atoms with E-state index in [1.165, 1.54) is 0 Å². The third-order valence-electron chi connectivity index (χ3n) is 5.70. The van der Waals surface area contributed by atoms with Crippen molar-refractivity contribution in [3.63, 3.8) is 0 Å². The highest BCUT2D eigenvalue weighted by atomic mass is 16.5. The van der Waals surface area contributed by atoms with E-state index in [0.717, 1.165) is 52.1 Å². The summed E-state index contributed by atoms with van der Waals surface area (Å²) >= 11 is 0. The minimum Gasteiger partial charge on any atom is -0.481 e. The molecule has 0 radical (unpaired) electrons. The SMILES string of the molecule is C[15N]1CC[15N](CC2CCC[15N]2C[13C](=O)N[13CH2][13CH2][13CH2][13C](=O)[15NH][13CH2][13CH2][13CH2][13C](=O)O)[13CH2][13CH2]1. The Hall–Kier alpha value is -1.71. The lowest BCUT2D eigenvalue weighted by Gasteiger charge is -2.36. The first kappa shape index (κ1) is 23.6. The summed E-state index contributed by atoms with van der Waals surface area (Å²) in [5, 5.41) is 14.2. The second kappa shape index (κ2) is 12.8. The van der Waals surface area contributed by atoms with Gasteiger partial charge < -0.3 is 20.6 Å². The van der Waals surface area contributed by atoms with Gasteiger partial charge in [-0.25, -0.2) is 0 Å². The van der Waals surface area contributed by atoms with E-state index in [9.17, 15) is 14.4 Å². The molecule has 3 N–H and O–H groups in total. The van der Waals surface area contributed by atoms with Gasteiger partial charge in [0.1, 0.15) is 0 Å². The van der Waals surface area contributed by atoms with E-state index in [1.807, 2.05) is 0 Å². The number of carboxylic acid groups (broad SMARTS) is 1. The van der Waals surface area contributed by atoms with Crippen molar-refractivity contribution in [3.05, 3.63) is 0 Å². The molecular weight excluding hydrogens is 389 g/mol. The minimum atomic E-state index is -0.856. The van der Waals surface area contributed by atoms with Crippen LogP contribution in [0.5, 0.6) is 0 Å². The summed E-state index contributed by atoms with van der Waals surface area (Å²) < 4.78 is 0. The highest BCUT2D eigenvalue weighted by Gasteiger charge is 2.28. The number of piperazine rings is 1. The molecule has 1 unspecified atom stereocenters. The number of nitrogens with one attached hydrogen (secondary N) is 2. The molecule has 0 aromatic rings. The Morgan fingerprint density at radius 2 is 1.59 bits per heavy atom. The average molecular weight is 426 g/mol. The number of carboxylic acids is 1. The molecular formula is C20H37N5O4. The van der Waals surface area contributed by atoms with E-state index >= 15 is 0 Å². The molecule has 0 aliphatic carbocycles. The lowest BCUT2D eigenvalue weighted by molar-refractivity contribution is -0.137. The Bertz CT molecular complexity index is 537. The van der Waals surface area contributed by atoms with Gasteiger partial charge in [-0.15, -0.1) is 0 Å². The van der Waals surface area contributed by atoms with Crippen molar-refractivity contribution in [1.82, 2.24) is 25.3 Å². The number of nitrogens with zero attached hydrogens (tertiary/aromatic N) is 3. The molecule has 0 bridgehead atoms. The van der Waals surface area contributed by atoms with Gasteiger partial charge in [0.15, 0.2) is 0 Å². The summed E-state index contributed by atoms with van der Waals surface area (Å²) in [4.78, 5) is 41.5. The Labute approximate surface area is 173 Å². The van der Waals surface area contributed by atoms with Crippen LogP contribution in [0.1, 0.15) is 38.5 Å². The predicted octanol–water partition coefficient (Wildman–Crippen LogP) is -0.424. The van der Waals surface area contributed by atoms with Gasteiger partial charge in [-0.1, -0.05) is 0 Å². The fourth-order valence-corrected chi connectivity index (χ4v) is 3.91. The molecule has 0 spiro atoms. The Morgan fingerprint density at radius 1 is 0.931 bits per heavy atom. The Balaban J connectivity index is 1.55. The minimum absolute atomic E-state index is 0.0251. The van der Waals surface area contributed by atoms with Gasteiger partial charge in [-0.3, -0.25) is 24.2 Å². The summed E-state index contributed by atoms with van der Waals surface area (Å²) in [7, 11) is 2.16. The maximum Gasteiger partial charge on any atom is 0.303 e. The topological polar surface area (TPSA) is 105 Å². The number of likely N-dealkylation sites (tertiary alicyclic amines) is 1. The van der Waals surface area contributed by atoms with Crippen LogP contribution in [0.4, 0.5) is 0 Å². The van der Waals surface area contributed by atoms with Gasteiger partial charge in [0, 0.05) is 64.7 Å². The van der Waals surface area contributed by atoms with Gasteiger partial charge in [0.05, 0.1) is 6.54 Å². The maximum atomic E-state index is 12.3. The summed E-state index contributed by atoms with van der Waals surface area (Å²) in [5.41, 5.74) is 0. The van der Waals surface area contributed by atoms with Crippen LogP contribution < -0.4 is 10.6 Å². The zero-order valence-electron chi connectivity index (χ0n) is 17.7. The lowest BCUT2D eigenvalue weighted by Crippen LogP contribution is -2.50. The van der Waals surface area contributed by atoms with Crippen molar-refractivity contribution in [2.75, 3.05) is 66.0 Å². The highest BCUT2D eigenvalue weighted by Crippen LogP contribution is 2.18. The van der Waals surface area contributed by atoms with E-state index in [4.69, 9.17) is 5.11 Å². The molecule has 9 nitrogen and oxygen atoms in total. The molecule has 2 amide bonds. The van der Waals surface area contributed by atoms with Crippen LogP contribution >= 0.6 is 0 Å². The van der Waals surface area contributed by atoms with Gasteiger partial charge in [0.25, 0.3) is 0 Å². The molecule has 2 aliphatic rings. The van der Waals surface area contributed by atoms with Crippen LogP contribution in [0, 0.1) is 0 Å². The maximum absolute atomic E-state index is 12.3. The summed E-state index contributed by atoms with van der Waals surface area (Å²) in [6, 6.07) is 0.459. The number of amides is 2. The quantitative estimate of drug-likeness (QED) is 0.221. The average Bonchev–Trinajstić information content (AvgIpc) is 3.10. The van der Waals surface area contributed by atoms with Crippen molar-refractivity contribution < 1.29 is 19.5 Å². The van der Waals surface area contributed by atoms with Crippen molar-refractivity contribution in [2.45, 2.75) is 44.6 Å². The standard InChI is InChI=1S/C20H37N5O4/c1-23-11-13-24(14-12-23)15-17-5-4-10-25(17)16-19(27)22-8-2-6-18(26)21-9-3-7-20(28)29/h17H,2-16H2,1H3,(H,21,26)(H,22,27)(H,28,29)/i2+1,3+1,6+1,7+1,8+1,9+1,11+1,13+1,18+1,19+1,20+1,21+1,23+1,24+1,25+1. The first-order valence-electron chi connectivity index (χ1n) is 10.8. The van der Waals surface area contributed by atoms with Crippen LogP contribution in [0.25, 0.3) is 0 Å². The van der Waals surface area contributed by atoms with Crippen molar-refractivity contribution in [3.8, 4) is 0 Å². The van der Waals surface area contributed by atoms with E-state index in [2.05, 4.69) is 32.4 Å². The van der Waals surface area contributed by atoms with E-state index < -0.39 is 5.97 Å². The Kier molecular flexibility index (Phi) is 10.4. The van der Waals surface area contributed by atoms with Crippen LogP contribution in [-0.4, -0.2) is 110 Å². The largest absolute Gasteiger partial charge is 0.481 e. The van der Waals surface area contributed by atoms with E-state index in [1.54, 1.807) is 0 Å². The van der Waals surface area contributed by atoms with Crippen LogP contribution in [0.3, 0.4) is 0 Å². The summed E-state index contributed by atoms with van der Waals surface area (Å²) in [6.07, 6.45) is 3.71. The van der Waals surface area contributed by atoms with Crippen molar-refractivity contribution in [1.29, 1.82) is 0 Å². The molecule has 2 heterocycles. The molecule has 29 heavy (non-hydrogen) atoms. The molecule has 2 fully saturated rings. The first-order chi connectivity index (χ1) is 13.9. The summed E-state index contributed by atoms with van der Waals surface area (Å²) in [5.74, 6) is -0.931. The Morgan fingerprint density at radius 3 is 2.28 bits per heavy atom. The molecule has 166 valence electrons. The number of rotatable bonds is 12. The second-order valence-corrected chi connectivity index (χ2v) is 8.17. The van der Waals surface area contributed by atoms with Crippen molar-refractivity contribution >= 4 is 17.8 Å². The van der Waals surface area contributed by atoms with Crippen LogP contribution in [0.2, 0.25) is 0 Å². The molecule has 2 rings (SSSR count). The zero-order chi connectivity index (χ0) is 21.1. The lowest BCUT2D eigenvalue weighted by atomic mass is 10.2. The third-order valence-corrected chi connectivity index (χ3v) is 5.70. The molecule has 2 saturated heterocycles. The van der Waals surface area contributed by atoms with Gasteiger partial charge >= 0.3 is 5.97 Å². The number of hydrogen-bond acceptors (Lipinski definition) is 6.